The highest BCUT2D eigenvalue weighted by molar-refractivity contribution is 7.86. The number of benzene rings is 2. The number of rotatable bonds is 17. The Morgan fingerprint density at radius 3 is 1.66 bits per heavy atom. The predicted molar refractivity (Wildman–Crippen MR) is 135 cm³/mol. The minimum atomic E-state index is -4.50. The lowest BCUT2D eigenvalue weighted by molar-refractivity contribution is 0.464. The summed E-state index contributed by atoms with van der Waals surface area (Å²) in [5.74, 6) is 0. The smallest absolute Gasteiger partial charge is 0.125 e. The van der Waals surface area contributed by atoms with Crippen molar-refractivity contribution in [3.8, 4) is 0 Å². The van der Waals surface area contributed by atoms with E-state index >= 15 is 0 Å². The fourth-order valence-corrected chi connectivity index (χ4v) is 5.25. The molecular formula is C28H43O3S-. The molecular weight excluding hydrogens is 416 g/mol. The lowest BCUT2D eigenvalue weighted by Gasteiger charge is -2.15. The van der Waals surface area contributed by atoms with Gasteiger partial charge in [0.05, 0.1) is 4.90 Å². The first kappa shape index (κ1) is 26.9. The molecule has 0 amide bonds. The van der Waals surface area contributed by atoms with Gasteiger partial charge in [0, 0.05) is 0 Å². The summed E-state index contributed by atoms with van der Waals surface area (Å²) < 4.78 is 36.1. The molecule has 0 aliphatic rings. The second-order valence-electron chi connectivity index (χ2n) is 9.35. The van der Waals surface area contributed by atoms with Crippen molar-refractivity contribution in [2.75, 3.05) is 0 Å². The van der Waals surface area contributed by atoms with Crippen LogP contribution in [0.2, 0.25) is 0 Å². The highest BCUT2D eigenvalue weighted by atomic mass is 32.2. The first-order valence-electron chi connectivity index (χ1n) is 13.0. The molecule has 0 saturated heterocycles. The quantitative estimate of drug-likeness (QED) is 0.176. The van der Waals surface area contributed by atoms with Gasteiger partial charge in [-0.1, -0.05) is 109 Å². The third-order valence-electron chi connectivity index (χ3n) is 6.45. The van der Waals surface area contributed by atoms with Crippen LogP contribution in [0.3, 0.4) is 0 Å². The van der Waals surface area contributed by atoms with E-state index in [1.54, 1.807) is 6.07 Å². The van der Waals surface area contributed by atoms with Crippen molar-refractivity contribution in [3.63, 3.8) is 0 Å². The first-order chi connectivity index (χ1) is 15.5. The fourth-order valence-electron chi connectivity index (χ4n) is 4.51. The van der Waals surface area contributed by atoms with Crippen LogP contribution >= 0.6 is 0 Å². The van der Waals surface area contributed by atoms with Crippen LogP contribution in [0.4, 0.5) is 0 Å². The molecule has 2 rings (SSSR count). The number of aryl methyl sites for hydroxylation is 2. The Labute approximate surface area is 196 Å². The summed E-state index contributed by atoms with van der Waals surface area (Å²) in [6, 6.07) is 9.71. The molecule has 3 nitrogen and oxygen atoms in total. The van der Waals surface area contributed by atoms with Crippen molar-refractivity contribution in [3.05, 3.63) is 41.5 Å². The molecule has 4 heteroatoms. The largest absolute Gasteiger partial charge is 0.744 e. The van der Waals surface area contributed by atoms with Crippen molar-refractivity contribution in [2.24, 2.45) is 0 Å². The van der Waals surface area contributed by atoms with Gasteiger partial charge in [0.1, 0.15) is 10.1 Å². The number of fused-ring (bicyclic) bond motifs is 1. The molecule has 0 aliphatic heterocycles. The molecule has 0 atom stereocenters. The van der Waals surface area contributed by atoms with E-state index in [2.05, 4.69) is 26.0 Å². The van der Waals surface area contributed by atoms with Gasteiger partial charge in [0.15, 0.2) is 0 Å². The first-order valence-corrected chi connectivity index (χ1v) is 14.4. The Bertz CT molecular complexity index is 902. The zero-order chi connectivity index (χ0) is 23.2. The van der Waals surface area contributed by atoms with E-state index in [0.29, 0.717) is 5.39 Å². The normalized spacial score (nSPS) is 12.0. The van der Waals surface area contributed by atoms with Crippen LogP contribution in [-0.4, -0.2) is 13.0 Å². The zero-order valence-corrected chi connectivity index (χ0v) is 21.1. The SMILES string of the molecule is CCCCCCCCCc1cc(S(=O)(=O)[O-])c2cc(CCCCCCCCC)ccc2c1. The Hall–Kier alpha value is -1.39. The van der Waals surface area contributed by atoms with E-state index in [1.165, 1.54) is 70.6 Å². The molecule has 0 unspecified atom stereocenters. The summed E-state index contributed by atoms with van der Waals surface area (Å²) in [6.45, 7) is 4.45. The molecule has 0 saturated carbocycles. The minimum absolute atomic E-state index is 0.0469. The third-order valence-corrected chi connectivity index (χ3v) is 7.32. The van der Waals surface area contributed by atoms with E-state index in [1.807, 2.05) is 12.1 Å². The third kappa shape index (κ3) is 9.62. The van der Waals surface area contributed by atoms with Crippen LogP contribution in [0.25, 0.3) is 10.8 Å². The van der Waals surface area contributed by atoms with Crippen molar-refractivity contribution in [1.29, 1.82) is 0 Å². The molecule has 2 aromatic rings. The van der Waals surface area contributed by atoms with Gasteiger partial charge >= 0.3 is 0 Å². The van der Waals surface area contributed by atoms with E-state index in [-0.39, 0.29) is 4.90 Å². The maximum atomic E-state index is 12.0. The number of hydrogen-bond donors (Lipinski definition) is 0. The van der Waals surface area contributed by atoms with E-state index in [9.17, 15) is 13.0 Å². The predicted octanol–water partition coefficient (Wildman–Crippen LogP) is 8.33. The Morgan fingerprint density at radius 2 is 1.12 bits per heavy atom. The van der Waals surface area contributed by atoms with Gasteiger partial charge in [-0.15, -0.1) is 0 Å². The molecule has 180 valence electrons. The maximum absolute atomic E-state index is 12.0. The second kappa shape index (κ2) is 14.7. The van der Waals surface area contributed by atoms with Crippen molar-refractivity contribution in [1.82, 2.24) is 0 Å². The number of hydrogen-bond acceptors (Lipinski definition) is 3. The van der Waals surface area contributed by atoms with Crippen LogP contribution in [0.15, 0.2) is 35.2 Å². The maximum Gasteiger partial charge on any atom is 0.125 e. The molecule has 0 N–H and O–H groups in total. The van der Waals surface area contributed by atoms with Crippen LogP contribution in [0.5, 0.6) is 0 Å². The molecule has 0 fully saturated rings. The summed E-state index contributed by atoms with van der Waals surface area (Å²) in [5.41, 5.74) is 2.08. The van der Waals surface area contributed by atoms with Gasteiger partial charge in [0.2, 0.25) is 0 Å². The van der Waals surface area contributed by atoms with E-state index in [0.717, 1.165) is 48.6 Å². The molecule has 0 bridgehead atoms. The Kier molecular flexibility index (Phi) is 12.3. The van der Waals surface area contributed by atoms with Crippen LogP contribution in [0.1, 0.15) is 115 Å². The van der Waals surface area contributed by atoms with Crippen LogP contribution in [0, 0.1) is 0 Å². The van der Waals surface area contributed by atoms with Crippen molar-refractivity contribution < 1.29 is 13.0 Å². The molecule has 0 aromatic heterocycles. The molecule has 32 heavy (non-hydrogen) atoms. The molecule has 0 heterocycles. The van der Waals surface area contributed by atoms with E-state index in [4.69, 9.17) is 0 Å². The molecule has 0 aliphatic carbocycles. The fraction of sp³-hybridized carbons (Fsp3) is 0.643. The standard InChI is InChI=1S/C28H44O3S/c1-3-5-7-9-11-13-15-17-24-19-20-26-21-25(18-16-14-12-10-8-6-4-2)23-28(27(26)22-24)32(29,30)31/h19-23H,3-18H2,1-2H3,(H,29,30,31)/p-1. The van der Waals surface area contributed by atoms with Gasteiger partial charge in [0.25, 0.3) is 0 Å². The minimum Gasteiger partial charge on any atom is -0.744 e. The highest BCUT2D eigenvalue weighted by Gasteiger charge is 2.11. The molecule has 0 radical (unpaired) electrons. The Morgan fingerprint density at radius 1 is 0.625 bits per heavy atom. The van der Waals surface area contributed by atoms with Gasteiger partial charge in [-0.25, -0.2) is 8.42 Å². The van der Waals surface area contributed by atoms with Crippen molar-refractivity contribution >= 4 is 20.9 Å². The summed E-state index contributed by atoms with van der Waals surface area (Å²) in [4.78, 5) is -0.0469. The summed E-state index contributed by atoms with van der Waals surface area (Å²) in [6.07, 6.45) is 19.1. The molecule has 0 spiro atoms. The average Bonchev–Trinajstić information content (AvgIpc) is 2.76. The second-order valence-corrected chi connectivity index (χ2v) is 10.7. The zero-order valence-electron chi connectivity index (χ0n) is 20.3. The van der Waals surface area contributed by atoms with E-state index < -0.39 is 10.1 Å². The van der Waals surface area contributed by atoms with Crippen LogP contribution in [-0.2, 0) is 23.0 Å². The lowest BCUT2D eigenvalue weighted by atomic mass is 9.98. The van der Waals surface area contributed by atoms with Gasteiger partial charge in [-0.2, -0.15) is 0 Å². The molecule has 2 aromatic carbocycles. The summed E-state index contributed by atoms with van der Waals surface area (Å²) >= 11 is 0. The number of unbranched alkanes of at least 4 members (excludes halogenated alkanes) is 12. The van der Waals surface area contributed by atoms with Gasteiger partial charge < -0.3 is 4.55 Å². The highest BCUT2D eigenvalue weighted by Crippen LogP contribution is 2.28. The topological polar surface area (TPSA) is 57.2 Å². The van der Waals surface area contributed by atoms with Crippen molar-refractivity contribution in [2.45, 2.75) is 121 Å². The monoisotopic (exact) mass is 459 g/mol. The lowest BCUT2D eigenvalue weighted by Crippen LogP contribution is -2.02. The average molecular weight is 460 g/mol. The van der Waals surface area contributed by atoms with Crippen LogP contribution < -0.4 is 0 Å². The Balaban J connectivity index is 1.99. The van der Waals surface area contributed by atoms with Gasteiger partial charge in [-0.05, 0) is 59.7 Å². The summed E-state index contributed by atoms with van der Waals surface area (Å²) in [5, 5.41) is 1.45. The summed E-state index contributed by atoms with van der Waals surface area (Å²) in [7, 11) is -4.50. The van der Waals surface area contributed by atoms with Gasteiger partial charge in [-0.3, -0.25) is 0 Å².